The normalized spacial score (nSPS) is 37.7. The number of benzene rings is 1. The van der Waals surface area contributed by atoms with Crippen LogP contribution in [0.1, 0.15) is 13.3 Å². The van der Waals surface area contributed by atoms with Gasteiger partial charge in [0.2, 0.25) is 10.0 Å². The van der Waals surface area contributed by atoms with Crippen LogP contribution >= 0.6 is 0 Å². The minimum absolute atomic E-state index is 0.0729. The summed E-state index contributed by atoms with van der Waals surface area (Å²) in [6.45, 7) is 1.12. The Labute approximate surface area is 238 Å². The van der Waals surface area contributed by atoms with Crippen LogP contribution in [0.3, 0.4) is 0 Å². The molecule has 2 fully saturated rings. The van der Waals surface area contributed by atoms with E-state index in [0.29, 0.717) is 0 Å². The molecule has 3 rings (SSSR count). The molecular weight excluding hydrogens is 568 g/mol. The van der Waals surface area contributed by atoms with Crippen molar-refractivity contribution in [2.45, 2.75) is 104 Å². The van der Waals surface area contributed by atoms with Gasteiger partial charge in [-0.1, -0.05) is 18.2 Å². The number of ether oxygens (including phenoxy) is 4. The van der Waals surface area contributed by atoms with Crippen molar-refractivity contribution in [1.29, 1.82) is 0 Å². The second-order valence-corrected chi connectivity index (χ2v) is 12.0. The van der Waals surface area contributed by atoms with Crippen LogP contribution < -0.4 is 21.9 Å². The van der Waals surface area contributed by atoms with Crippen LogP contribution in [-0.2, 0) is 29.0 Å². The van der Waals surface area contributed by atoms with Crippen molar-refractivity contribution >= 4 is 10.0 Å². The van der Waals surface area contributed by atoms with Crippen molar-refractivity contribution in [3.63, 3.8) is 0 Å². The first kappa shape index (κ1) is 34.1. The van der Waals surface area contributed by atoms with Crippen LogP contribution in [0.15, 0.2) is 35.2 Å². The zero-order valence-corrected chi connectivity index (χ0v) is 23.5. The van der Waals surface area contributed by atoms with Crippen molar-refractivity contribution in [3.8, 4) is 0 Å². The van der Waals surface area contributed by atoms with E-state index < -0.39 is 95.7 Å². The molecule has 16 nitrogen and oxygen atoms in total. The Morgan fingerprint density at radius 3 is 2.24 bits per heavy atom. The van der Waals surface area contributed by atoms with Crippen LogP contribution in [0, 0.1) is 0 Å². The average molecular weight is 611 g/mol. The van der Waals surface area contributed by atoms with Gasteiger partial charge in [-0.15, -0.1) is 0 Å². The van der Waals surface area contributed by atoms with E-state index >= 15 is 0 Å². The van der Waals surface area contributed by atoms with E-state index in [4.69, 9.17) is 36.1 Å². The molecule has 236 valence electrons. The summed E-state index contributed by atoms with van der Waals surface area (Å²) in [5, 5.41) is 63.1. The molecule has 13 N–H and O–H groups in total. The fourth-order valence-corrected chi connectivity index (χ4v) is 6.23. The summed E-state index contributed by atoms with van der Waals surface area (Å²) < 4.78 is 50.6. The Morgan fingerprint density at radius 2 is 1.68 bits per heavy atom. The molecule has 1 saturated heterocycles. The van der Waals surface area contributed by atoms with Gasteiger partial charge in [0.05, 0.1) is 29.2 Å². The lowest BCUT2D eigenvalue weighted by molar-refractivity contribution is -0.317. The van der Waals surface area contributed by atoms with Gasteiger partial charge < -0.3 is 66.8 Å². The van der Waals surface area contributed by atoms with E-state index in [2.05, 4.69) is 4.72 Å². The number of aliphatic hydroxyl groups is 6. The number of methoxy groups -OCH3 is 1. The first-order valence-corrected chi connectivity index (χ1v) is 14.6. The number of hydrogen-bond acceptors (Lipinski definition) is 15. The summed E-state index contributed by atoms with van der Waals surface area (Å²) in [6.07, 6.45) is -16.8. The van der Waals surface area contributed by atoms with E-state index in [1.165, 1.54) is 38.3 Å². The van der Waals surface area contributed by atoms with Crippen molar-refractivity contribution in [3.05, 3.63) is 30.3 Å². The van der Waals surface area contributed by atoms with Crippen molar-refractivity contribution < 1.29 is 58.0 Å². The van der Waals surface area contributed by atoms with E-state index in [9.17, 15) is 39.1 Å². The molecule has 0 spiro atoms. The maximum Gasteiger partial charge on any atom is 0.240 e. The highest BCUT2D eigenvalue weighted by atomic mass is 32.2. The molecule has 17 heteroatoms. The number of rotatable bonds is 12. The number of hydrogen-bond donors (Lipinski definition) is 10. The zero-order chi connectivity index (χ0) is 30.6. The molecular formula is C24H42N4O12S. The number of sulfonamides is 1. The Balaban J connectivity index is 1.90. The highest BCUT2D eigenvalue weighted by Crippen LogP contribution is 2.31. The van der Waals surface area contributed by atoms with Gasteiger partial charge in [0.25, 0.3) is 0 Å². The zero-order valence-electron chi connectivity index (χ0n) is 22.7. The Morgan fingerprint density at radius 1 is 1.05 bits per heavy atom. The summed E-state index contributed by atoms with van der Waals surface area (Å²) in [5.41, 5.74) is 17.9. The lowest BCUT2D eigenvalue weighted by atomic mass is 9.84. The van der Waals surface area contributed by atoms with Gasteiger partial charge in [0, 0.05) is 19.7 Å². The molecule has 2 aliphatic rings. The van der Waals surface area contributed by atoms with Gasteiger partial charge in [0.15, 0.2) is 12.6 Å². The fraction of sp³-hybridized carbons (Fsp3) is 0.750. The van der Waals surface area contributed by atoms with E-state index in [1.54, 1.807) is 6.07 Å². The van der Waals surface area contributed by atoms with Crippen molar-refractivity contribution in [1.82, 2.24) is 4.72 Å². The molecule has 1 aromatic rings. The van der Waals surface area contributed by atoms with Gasteiger partial charge in [-0.3, -0.25) is 0 Å². The minimum Gasteiger partial charge on any atom is -0.391 e. The van der Waals surface area contributed by atoms with Crippen LogP contribution in [-0.4, -0.2) is 138 Å². The van der Waals surface area contributed by atoms with Gasteiger partial charge in [-0.25, -0.2) is 13.1 Å². The number of nitrogens with one attached hydrogen (secondary N) is 1. The number of aliphatic hydroxyl groups excluding tert-OH is 6. The molecule has 14 atom stereocenters. The second-order valence-electron chi connectivity index (χ2n) is 10.3. The Bertz CT molecular complexity index is 1050. The van der Waals surface area contributed by atoms with Crippen LogP contribution in [0.5, 0.6) is 0 Å². The van der Waals surface area contributed by atoms with Crippen molar-refractivity contribution in [2.75, 3.05) is 13.7 Å². The molecule has 0 aromatic heterocycles. The van der Waals surface area contributed by atoms with Gasteiger partial charge in [-0.2, -0.15) is 0 Å². The first-order valence-electron chi connectivity index (χ1n) is 13.1. The van der Waals surface area contributed by atoms with Crippen molar-refractivity contribution in [2.24, 2.45) is 17.2 Å². The average Bonchev–Trinajstić information content (AvgIpc) is 2.93. The predicted molar refractivity (Wildman–Crippen MR) is 141 cm³/mol. The number of nitrogens with two attached hydrogens (primary N) is 3. The van der Waals surface area contributed by atoms with Gasteiger partial charge in [0.1, 0.15) is 42.7 Å². The molecule has 1 saturated carbocycles. The lowest BCUT2D eigenvalue weighted by Gasteiger charge is -2.48. The standard InChI is InChI=1S/C24H42N4O12S/c1-10(29)20-19(33)18(32)15(27)24(39-20)40-21-12(26)8-13(28-41(35,36)11-6-4-3-5-7-11)16(30)22(21)38-23(34)17(31)14(9-25)37-2/h3-7,10,12-24,28-34H,8-9,25-27H2,1-2H3/t10-,12?,13?,14?,15?,16?,17?,18?,19?,20?,21?,22?,23?,24?/m1/s1. The summed E-state index contributed by atoms with van der Waals surface area (Å²) in [7, 11) is -2.88. The molecule has 1 aromatic carbocycles. The molecule has 0 bridgehead atoms. The lowest BCUT2D eigenvalue weighted by Crippen LogP contribution is -2.69. The predicted octanol–water partition coefficient (Wildman–Crippen LogP) is -5.00. The Kier molecular flexibility index (Phi) is 12.0. The topological polar surface area (TPSA) is 283 Å². The third kappa shape index (κ3) is 7.77. The minimum atomic E-state index is -4.13. The summed E-state index contributed by atoms with van der Waals surface area (Å²) in [4.78, 5) is -0.0729. The monoisotopic (exact) mass is 610 g/mol. The summed E-state index contributed by atoms with van der Waals surface area (Å²) >= 11 is 0. The fourth-order valence-electron chi connectivity index (χ4n) is 4.94. The maximum absolute atomic E-state index is 13.0. The quantitative estimate of drug-likeness (QED) is 0.0992. The highest BCUT2D eigenvalue weighted by Gasteiger charge is 2.51. The van der Waals surface area contributed by atoms with E-state index in [-0.39, 0.29) is 17.9 Å². The smallest absolute Gasteiger partial charge is 0.240 e. The van der Waals surface area contributed by atoms with Crippen LogP contribution in [0.4, 0.5) is 0 Å². The van der Waals surface area contributed by atoms with Gasteiger partial charge in [-0.05, 0) is 25.5 Å². The molecule has 1 aliphatic carbocycles. The second kappa shape index (κ2) is 14.4. The third-order valence-electron chi connectivity index (χ3n) is 7.34. The molecule has 13 unspecified atom stereocenters. The molecule has 41 heavy (non-hydrogen) atoms. The SMILES string of the molecule is COC(CN)C(O)C(O)OC1C(O)C(NS(=O)(=O)c2ccccc2)CC(N)C1OC1OC([C@@H](C)O)C(O)C(O)C1N. The third-order valence-corrected chi connectivity index (χ3v) is 8.84. The molecule has 0 radical (unpaired) electrons. The molecule has 1 aliphatic heterocycles. The van der Waals surface area contributed by atoms with Gasteiger partial charge >= 0.3 is 0 Å². The van der Waals surface area contributed by atoms with Crippen LogP contribution in [0.2, 0.25) is 0 Å². The van der Waals surface area contributed by atoms with Crippen LogP contribution in [0.25, 0.3) is 0 Å². The highest BCUT2D eigenvalue weighted by molar-refractivity contribution is 7.89. The molecule has 1 heterocycles. The Hall–Kier alpha value is -1.39. The maximum atomic E-state index is 13.0. The molecule has 0 amide bonds. The van der Waals surface area contributed by atoms with E-state index in [1.807, 2.05) is 0 Å². The largest absolute Gasteiger partial charge is 0.391 e. The summed E-state index contributed by atoms with van der Waals surface area (Å²) in [5.74, 6) is 0. The first-order chi connectivity index (χ1) is 19.2. The van der Waals surface area contributed by atoms with E-state index in [0.717, 1.165) is 0 Å². The summed E-state index contributed by atoms with van der Waals surface area (Å²) in [6, 6.07) is 3.72.